The van der Waals surface area contributed by atoms with E-state index < -0.39 is 0 Å². The molecule has 0 saturated heterocycles. The van der Waals surface area contributed by atoms with Crippen molar-refractivity contribution < 1.29 is 9.59 Å². The van der Waals surface area contributed by atoms with Crippen LogP contribution in [-0.2, 0) is 11.2 Å². The fourth-order valence-electron chi connectivity index (χ4n) is 2.46. The molecule has 0 aliphatic carbocycles. The first-order valence-corrected chi connectivity index (χ1v) is 9.02. The van der Waals surface area contributed by atoms with E-state index in [1.54, 1.807) is 24.3 Å². The molecule has 8 heteroatoms. The van der Waals surface area contributed by atoms with Crippen molar-refractivity contribution in [2.45, 2.75) is 12.8 Å². The van der Waals surface area contributed by atoms with Crippen molar-refractivity contribution in [1.29, 1.82) is 0 Å². The smallest absolute Gasteiger partial charge is 0.251 e. The summed E-state index contributed by atoms with van der Waals surface area (Å²) in [4.78, 5) is 23.8. The van der Waals surface area contributed by atoms with Gasteiger partial charge in [-0.15, -0.1) is 10.2 Å². The Hall–Kier alpha value is -2.74. The van der Waals surface area contributed by atoms with E-state index in [-0.39, 0.29) is 24.8 Å². The number of carbonyl (C=O) groups is 2. The minimum atomic E-state index is -0.194. The largest absolute Gasteiger partial charge is 0.356 e. The molecule has 26 heavy (non-hydrogen) atoms. The summed E-state index contributed by atoms with van der Waals surface area (Å²) in [5.74, 6) is 0.486. The van der Waals surface area contributed by atoms with Crippen LogP contribution in [-0.4, -0.2) is 39.5 Å². The van der Waals surface area contributed by atoms with Gasteiger partial charge in [0.15, 0.2) is 5.65 Å². The summed E-state index contributed by atoms with van der Waals surface area (Å²) in [7, 11) is 0. The first-order chi connectivity index (χ1) is 12.6. The third-order valence-electron chi connectivity index (χ3n) is 3.80. The zero-order valence-corrected chi connectivity index (χ0v) is 15.6. The van der Waals surface area contributed by atoms with E-state index in [1.807, 2.05) is 28.8 Å². The van der Waals surface area contributed by atoms with E-state index >= 15 is 0 Å². The van der Waals surface area contributed by atoms with E-state index in [0.29, 0.717) is 18.5 Å². The molecule has 7 nitrogen and oxygen atoms in total. The molecule has 0 spiro atoms. The Balaban J connectivity index is 1.38. The first-order valence-electron chi connectivity index (χ1n) is 8.22. The average molecular weight is 416 g/mol. The number of rotatable bonds is 7. The number of hydrogen-bond donors (Lipinski definition) is 2. The number of pyridine rings is 1. The minimum Gasteiger partial charge on any atom is -0.356 e. The summed E-state index contributed by atoms with van der Waals surface area (Å²) in [6.45, 7) is 0.754. The molecule has 0 aliphatic heterocycles. The molecular weight excluding hydrogens is 398 g/mol. The molecule has 0 atom stereocenters. The van der Waals surface area contributed by atoms with Crippen LogP contribution in [0, 0.1) is 0 Å². The predicted octanol–water partition coefficient (Wildman–Crippen LogP) is 1.97. The fraction of sp³-hybridized carbons (Fsp3) is 0.222. The highest BCUT2D eigenvalue weighted by Crippen LogP contribution is 2.10. The van der Waals surface area contributed by atoms with E-state index in [1.165, 1.54) is 0 Å². The number of nitrogens with one attached hydrogen (secondary N) is 2. The number of carbonyl (C=O) groups excluding carboxylic acids is 2. The van der Waals surface area contributed by atoms with Gasteiger partial charge in [0.2, 0.25) is 5.91 Å². The van der Waals surface area contributed by atoms with Crippen LogP contribution >= 0.6 is 15.9 Å². The summed E-state index contributed by atoms with van der Waals surface area (Å²) in [6.07, 6.45) is 2.70. The third-order valence-corrected chi connectivity index (χ3v) is 4.33. The Kier molecular flexibility index (Phi) is 5.96. The van der Waals surface area contributed by atoms with Gasteiger partial charge in [-0.3, -0.25) is 14.0 Å². The summed E-state index contributed by atoms with van der Waals surface area (Å²) in [5.41, 5.74) is 1.34. The molecular formula is C18H18BrN5O2. The van der Waals surface area contributed by atoms with Crippen molar-refractivity contribution in [3.8, 4) is 0 Å². The van der Waals surface area contributed by atoms with Crippen LogP contribution in [0.4, 0.5) is 0 Å². The van der Waals surface area contributed by atoms with Gasteiger partial charge in [-0.05, 0) is 36.4 Å². The standard InChI is InChI=1S/C18H18BrN5O2/c19-14-6-4-13(5-7-14)18(26)21-11-9-17(25)20-10-8-16-23-22-15-3-1-2-12-24(15)16/h1-7,12H,8-11H2,(H,20,25)(H,21,26). The zero-order chi connectivity index (χ0) is 18.4. The van der Waals surface area contributed by atoms with Crippen LogP contribution < -0.4 is 10.6 Å². The Bertz CT molecular complexity index is 907. The second-order valence-corrected chi connectivity index (χ2v) is 6.57. The van der Waals surface area contributed by atoms with Gasteiger partial charge in [0.1, 0.15) is 5.82 Å². The Morgan fingerprint density at radius 1 is 1.00 bits per heavy atom. The highest BCUT2D eigenvalue weighted by molar-refractivity contribution is 9.10. The van der Waals surface area contributed by atoms with E-state index in [9.17, 15) is 9.59 Å². The van der Waals surface area contributed by atoms with Crippen molar-refractivity contribution >= 4 is 33.4 Å². The fourth-order valence-corrected chi connectivity index (χ4v) is 2.72. The van der Waals surface area contributed by atoms with Crippen LogP contribution in [0.1, 0.15) is 22.6 Å². The molecule has 3 aromatic rings. The van der Waals surface area contributed by atoms with Crippen molar-refractivity contribution in [2.75, 3.05) is 13.1 Å². The van der Waals surface area contributed by atoms with Crippen LogP contribution in [0.3, 0.4) is 0 Å². The van der Waals surface area contributed by atoms with Gasteiger partial charge >= 0.3 is 0 Å². The van der Waals surface area contributed by atoms with Gasteiger partial charge < -0.3 is 10.6 Å². The lowest BCUT2D eigenvalue weighted by atomic mass is 10.2. The average Bonchev–Trinajstić information content (AvgIpc) is 3.05. The number of hydrogen-bond acceptors (Lipinski definition) is 4. The van der Waals surface area contributed by atoms with Crippen LogP contribution in [0.25, 0.3) is 5.65 Å². The number of halogens is 1. The van der Waals surface area contributed by atoms with Gasteiger partial charge in [0.25, 0.3) is 5.91 Å². The highest BCUT2D eigenvalue weighted by Gasteiger charge is 2.08. The van der Waals surface area contributed by atoms with Crippen LogP contribution in [0.2, 0.25) is 0 Å². The lowest BCUT2D eigenvalue weighted by molar-refractivity contribution is -0.120. The Morgan fingerprint density at radius 2 is 1.81 bits per heavy atom. The quantitative estimate of drug-likeness (QED) is 0.617. The van der Waals surface area contributed by atoms with Crippen molar-refractivity contribution in [3.63, 3.8) is 0 Å². The van der Waals surface area contributed by atoms with Gasteiger partial charge in [-0.25, -0.2) is 0 Å². The van der Waals surface area contributed by atoms with Crippen molar-refractivity contribution in [2.24, 2.45) is 0 Å². The number of nitrogens with zero attached hydrogens (tertiary/aromatic N) is 3. The first kappa shape index (κ1) is 18.1. The van der Waals surface area contributed by atoms with E-state index in [0.717, 1.165) is 15.9 Å². The molecule has 1 aromatic carbocycles. The molecule has 134 valence electrons. The topological polar surface area (TPSA) is 88.4 Å². The molecule has 3 rings (SSSR count). The molecule has 0 fully saturated rings. The highest BCUT2D eigenvalue weighted by atomic mass is 79.9. The predicted molar refractivity (Wildman–Crippen MR) is 101 cm³/mol. The molecule has 0 saturated carbocycles. The van der Waals surface area contributed by atoms with Crippen LogP contribution in [0.5, 0.6) is 0 Å². The second kappa shape index (κ2) is 8.57. The maximum atomic E-state index is 12.0. The second-order valence-electron chi connectivity index (χ2n) is 5.66. The summed E-state index contributed by atoms with van der Waals surface area (Å²) >= 11 is 3.32. The molecule has 0 bridgehead atoms. The maximum absolute atomic E-state index is 12.0. The molecule has 2 aromatic heterocycles. The lowest BCUT2D eigenvalue weighted by Gasteiger charge is -2.07. The number of amides is 2. The molecule has 2 amide bonds. The normalized spacial score (nSPS) is 10.7. The van der Waals surface area contributed by atoms with Gasteiger partial charge in [-0.2, -0.15) is 0 Å². The monoisotopic (exact) mass is 415 g/mol. The molecule has 0 radical (unpaired) electrons. The third kappa shape index (κ3) is 4.66. The Morgan fingerprint density at radius 3 is 2.62 bits per heavy atom. The van der Waals surface area contributed by atoms with Gasteiger partial charge in [0.05, 0.1) is 0 Å². The number of aromatic nitrogens is 3. The molecule has 0 unspecified atom stereocenters. The molecule has 2 N–H and O–H groups in total. The van der Waals surface area contributed by atoms with Crippen molar-refractivity contribution in [1.82, 2.24) is 25.2 Å². The number of fused-ring (bicyclic) bond motifs is 1. The zero-order valence-electron chi connectivity index (χ0n) is 14.0. The van der Waals surface area contributed by atoms with Crippen LogP contribution in [0.15, 0.2) is 53.1 Å². The molecule has 2 heterocycles. The SMILES string of the molecule is O=C(CCNC(=O)c1ccc(Br)cc1)NCCc1nnc2ccccn12. The van der Waals surface area contributed by atoms with Crippen molar-refractivity contribution in [3.05, 3.63) is 64.5 Å². The summed E-state index contributed by atoms with van der Waals surface area (Å²) in [5, 5.41) is 13.8. The van der Waals surface area contributed by atoms with Gasteiger partial charge in [-0.1, -0.05) is 22.0 Å². The van der Waals surface area contributed by atoms with E-state index in [2.05, 4.69) is 36.8 Å². The Labute approximate surface area is 158 Å². The molecule has 0 aliphatic rings. The van der Waals surface area contributed by atoms with Gasteiger partial charge in [0, 0.05) is 42.2 Å². The maximum Gasteiger partial charge on any atom is 0.251 e. The minimum absolute atomic E-state index is 0.116. The number of benzene rings is 1. The van der Waals surface area contributed by atoms with E-state index in [4.69, 9.17) is 0 Å². The summed E-state index contributed by atoms with van der Waals surface area (Å²) < 4.78 is 2.80. The summed E-state index contributed by atoms with van der Waals surface area (Å²) in [6, 6.07) is 12.7. The lowest BCUT2D eigenvalue weighted by Crippen LogP contribution is -2.31.